The van der Waals surface area contributed by atoms with Gasteiger partial charge in [0.05, 0.1) is 12.2 Å². The zero-order valence-corrected chi connectivity index (χ0v) is 8.08. The molecule has 70 valence electrons. The van der Waals surface area contributed by atoms with Crippen molar-refractivity contribution in [2.24, 2.45) is 11.3 Å². The molecule has 12 heavy (non-hydrogen) atoms. The molecule has 0 aromatic rings. The summed E-state index contributed by atoms with van der Waals surface area (Å²) in [5.74, 6) is 0.644. The molecular formula is C10H18O2. The summed E-state index contributed by atoms with van der Waals surface area (Å²) in [4.78, 5) is 0. The third-order valence-corrected chi connectivity index (χ3v) is 3.22. The Balaban J connectivity index is 2.03. The molecule has 2 fully saturated rings. The molecule has 1 aliphatic heterocycles. The molecule has 1 saturated heterocycles. The second-order valence-electron chi connectivity index (χ2n) is 5.18. The van der Waals surface area contributed by atoms with Gasteiger partial charge < -0.3 is 9.84 Å². The minimum Gasteiger partial charge on any atom is -0.390 e. The van der Waals surface area contributed by atoms with Gasteiger partial charge in [-0.3, -0.25) is 0 Å². The first-order chi connectivity index (χ1) is 5.50. The number of aliphatic hydroxyl groups is 1. The van der Waals surface area contributed by atoms with Crippen LogP contribution >= 0.6 is 0 Å². The standard InChI is InChI=1S/C10H18O2/c1-10(2,3)6-4-5-7(11)9-8(6)12-9/h6-9,11H,4-5H2,1-3H3/t6-,7-,8-,9+/m1/s1. The number of fused-ring (bicyclic) bond motifs is 1. The Morgan fingerprint density at radius 2 is 1.83 bits per heavy atom. The lowest BCUT2D eigenvalue weighted by molar-refractivity contribution is 0.0981. The van der Waals surface area contributed by atoms with Crippen LogP contribution in [0.25, 0.3) is 0 Å². The van der Waals surface area contributed by atoms with Crippen molar-refractivity contribution in [2.45, 2.75) is 51.9 Å². The van der Waals surface area contributed by atoms with Crippen LogP contribution in [0.3, 0.4) is 0 Å². The van der Waals surface area contributed by atoms with E-state index in [9.17, 15) is 5.11 Å². The van der Waals surface area contributed by atoms with Gasteiger partial charge >= 0.3 is 0 Å². The first-order valence-corrected chi connectivity index (χ1v) is 4.83. The summed E-state index contributed by atoms with van der Waals surface area (Å²) in [6.07, 6.45) is 2.37. The molecule has 4 atom stereocenters. The Kier molecular flexibility index (Phi) is 1.74. The highest BCUT2D eigenvalue weighted by Crippen LogP contribution is 2.48. The van der Waals surface area contributed by atoms with Crippen LogP contribution in [0.1, 0.15) is 33.6 Å². The summed E-state index contributed by atoms with van der Waals surface area (Å²) in [6.45, 7) is 6.77. The summed E-state index contributed by atoms with van der Waals surface area (Å²) in [5.41, 5.74) is 0.333. The van der Waals surface area contributed by atoms with Crippen molar-refractivity contribution < 1.29 is 9.84 Å². The Morgan fingerprint density at radius 3 is 2.42 bits per heavy atom. The summed E-state index contributed by atoms with van der Waals surface area (Å²) in [7, 11) is 0. The molecule has 0 spiro atoms. The molecule has 1 N–H and O–H groups in total. The molecule has 1 aliphatic carbocycles. The first-order valence-electron chi connectivity index (χ1n) is 4.83. The molecule has 0 unspecified atom stereocenters. The van der Waals surface area contributed by atoms with Crippen molar-refractivity contribution >= 4 is 0 Å². The highest BCUT2D eigenvalue weighted by Gasteiger charge is 2.55. The molecule has 2 heteroatoms. The summed E-state index contributed by atoms with van der Waals surface area (Å²) in [6, 6.07) is 0. The minimum atomic E-state index is -0.186. The van der Waals surface area contributed by atoms with Crippen LogP contribution in [0.2, 0.25) is 0 Å². The van der Waals surface area contributed by atoms with Crippen LogP contribution in [0.15, 0.2) is 0 Å². The van der Waals surface area contributed by atoms with Gasteiger partial charge in [-0.2, -0.15) is 0 Å². The molecule has 0 amide bonds. The number of epoxide rings is 1. The van der Waals surface area contributed by atoms with Gasteiger partial charge in [0.1, 0.15) is 6.10 Å². The lowest BCUT2D eigenvalue weighted by Gasteiger charge is -2.32. The quantitative estimate of drug-likeness (QED) is 0.560. The number of rotatable bonds is 0. The van der Waals surface area contributed by atoms with Crippen LogP contribution in [-0.2, 0) is 4.74 Å². The van der Waals surface area contributed by atoms with Crippen LogP contribution in [0.5, 0.6) is 0 Å². The maximum atomic E-state index is 9.48. The second kappa shape index (κ2) is 2.46. The van der Waals surface area contributed by atoms with E-state index in [4.69, 9.17) is 4.74 Å². The third kappa shape index (κ3) is 1.27. The van der Waals surface area contributed by atoms with Crippen molar-refractivity contribution in [1.82, 2.24) is 0 Å². The molecule has 0 aromatic carbocycles. The van der Waals surface area contributed by atoms with Crippen LogP contribution in [0.4, 0.5) is 0 Å². The lowest BCUT2D eigenvalue weighted by Crippen LogP contribution is -2.34. The predicted octanol–water partition coefficient (Wildman–Crippen LogP) is 1.57. The molecule has 2 aliphatic rings. The van der Waals surface area contributed by atoms with Gasteiger partial charge in [-0.1, -0.05) is 20.8 Å². The van der Waals surface area contributed by atoms with Crippen molar-refractivity contribution in [1.29, 1.82) is 0 Å². The minimum absolute atomic E-state index is 0.169. The fourth-order valence-corrected chi connectivity index (χ4v) is 2.37. The van der Waals surface area contributed by atoms with E-state index in [2.05, 4.69) is 20.8 Å². The molecular weight excluding hydrogens is 152 g/mol. The predicted molar refractivity (Wildman–Crippen MR) is 46.8 cm³/mol. The summed E-state index contributed by atoms with van der Waals surface area (Å²) < 4.78 is 5.48. The fraction of sp³-hybridized carbons (Fsp3) is 1.00. The highest BCUT2D eigenvalue weighted by atomic mass is 16.6. The fourth-order valence-electron chi connectivity index (χ4n) is 2.37. The SMILES string of the molecule is CC(C)(C)[C@@H]1CC[C@@H](O)[C@@H]2O[C@@H]21. The van der Waals surface area contributed by atoms with Gasteiger partial charge in [-0.05, 0) is 24.2 Å². The number of aliphatic hydroxyl groups excluding tert-OH is 1. The van der Waals surface area contributed by atoms with Crippen LogP contribution in [-0.4, -0.2) is 23.4 Å². The first kappa shape index (κ1) is 8.52. The Bertz CT molecular complexity index is 183. The van der Waals surface area contributed by atoms with Gasteiger partial charge in [0, 0.05) is 0 Å². The number of hydrogen-bond acceptors (Lipinski definition) is 2. The largest absolute Gasteiger partial charge is 0.390 e. The molecule has 0 radical (unpaired) electrons. The Hall–Kier alpha value is -0.0800. The average molecular weight is 170 g/mol. The third-order valence-electron chi connectivity index (χ3n) is 3.22. The van der Waals surface area contributed by atoms with E-state index in [0.717, 1.165) is 12.8 Å². The van der Waals surface area contributed by atoms with Crippen molar-refractivity contribution in [3.8, 4) is 0 Å². The molecule has 1 saturated carbocycles. The Morgan fingerprint density at radius 1 is 1.17 bits per heavy atom. The zero-order chi connectivity index (χ0) is 8.93. The lowest BCUT2D eigenvalue weighted by atomic mass is 9.72. The van der Waals surface area contributed by atoms with Crippen molar-refractivity contribution in [2.75, 3.05) is 0 Å². The Labute approximate surface area is 73.9 Å². The maximum absolute atomic E-state index is 9.48. The summed E-state index contributed by atoms with van der Waals surface area (Å²) >= 11 is 0. The zero-order valence-electron chi connectivity index (χ0n) is 8.08. The van der Waals surface area contributed by atoms with E-state index in [1.54, 1.807) is 0 Å². The molecule has 2 rings (SSSR count). The number of ether oxygens (including phenoxy) is 1. The molecule has 2 nitrogen and oxygen atoms in total. The second-order valence-corrected chi connectivity index (χ2v) is 5.18. The van der Waals surface area contributed by atoms with Gasteiger partial charge in [-0.25, -0.2) is 0 Å². The van der Waals surface area contributed by atoms with E-state index in [1.807, 2.05) is 0 Å². The van der Waals surface area contributed by atoms with Crippen molar-refractivity contribution in [3.63, 3.8) is 0 Å². The summed E-state index contributed by atoms with van der Waals surface area (Å²) in [5, 5.41) is 9.48. The van der Waals surface area contributed by atoms with Gasteiger partial charge in [0.2, 0.25) is 0 Å². The highest BCUT2D eigenvalue weighted by molar-refractivity contribution is 5.02. The molecule has 0 bridgehead atoms. The monoisotopic (exact) mass is 170 g/mol. The molecule has 0 aromatic heterocycles. The van der Waals surface area contributed by atoms with Crippen LogP contribution in [0, 0.1) is 11.3 Å². The maximum Gasteiger partial charge on any atom is 0.110 e. The van der Waals surface area contributed by atoms with E-state index in [-0.39, 0.29) is 12.2 Å². The van der Waals surface area contributed by atoms with Crippen molar-refractivity contribution in [3.05, 3.63) is 0 Å². The molecule has 1 heterocycles. The van der Waals surface area contributed by atoms with Gasteiger partial charge in [-0.15, -0.1) is 0 Å². The van der Waals surface area contributed by atoms with E-state index < -0.39 is 0 Å². The van der Waals surface area contributed by atoms with E-state index in [1.165, 1.54) is 0 Å². The average Bonchev–Trinajstić information content (AvgIpc) is 2.64. The van der Waals surface area contributed by atoms with E-state index in [0.29, 0.717) is 17.4 Å². The van der Waals surface area contributed by atoms with Gasteiger partial charge in [0.25, 0.3) is 0 Å². The number of hydrogen-bond donors (Lipinski definition) is 1. The van der Waals surface area contributed by atoms with Gasteiger partial charge in [0.15, 0.2) is 0 Å². The van der Waals surface area contributed by atoms with Crippen LogP contribution < -0.4 is 0 Å². The van der Waals surface area contributed by atoms with E-state index >= 15 is 0 Å². The normalized spacial score (nSPS) is 47.0. The topological polar surface area (TPSA) is 32.8 Å². The smallest absolute Gasteiger partial charge is 0.110 e.